The largest absolute Gasteiger partial charge is 0.310 e. The van der Waals surface area contributed by atoms with Gasteiger partial charge in [0.2, 0.25) is 0 Å². The van der Waals surface area contributed by atoms with Gasteiger partial charge in [-0.05, 0) is 109 Å². The predicted octanol–water partition coefficient (Wildman–Crippen LogP) is 17.0. The maximum absolute atomic E-state index is 2.39. The van der Waals surface area contributed by atoms with Gasteiger partial charge in [0.15, 0.2) is 0 Å². The summed E-state index contributed by atoms with van der Waals surface area (Å²) in [6, 6.07) is 86.0. The Labute approximate surface area is 354 Å². The first kappa shape index (κ1) is 35.6. The van der Waals surface area contributed by atoms with Gasteiger partial charge in [0.05, 0.1) is 0 Å². The minimum Gasteiger partial charge on any atom is -0.310 e. The molecule has 0 radical (unpaired) electrons. The van der Waals surface area contributed by atoms with Gasteiger partial charge in [-0.1, -0.05) is 188 Å². The topological polar surface area (TPSA) is 3.24 Å². The van der Waals surface area contributed by atoms with Crippen molar-refractivity contribution in [2.24, 2.45) is 0 Å². The van der Waals surface area contributed by atoms with E-state index in [9.17, 15) is 0 Å². The fourth-order valence-electron chi connectivity index (χ4n) is 8.75. The summed E-state index contributed by atoms with van der Waals surface area (Å²) in [5.74, 6) is 0. The number of thiophene rings is 1. The molecule has 1 heterocycles. The standard InChI is InChI=1S/C58H39NS/c1-3-14-40(15-4-1)45-20-11-21-49(38-45)59(48-35-30-44(31-36-48)51-24-12-19-43-18-7-8-22-50(43)51)47-33-28-41(29-34-47)46-32-37-52(42-16-5-2-6-17-42)56(39-46)55-26-13-25-54-53-23-9-10-27-57(53)60-58(54)55/h1-39H. The van der Waals surface area contributed by atoms with Crippen molar-refractivity contribution in [2.75, 3.05) is 4.90 Å². The molecule has 0 aliphatic rings. The molecule has 0 amide bonds. The molecule has 1 aromatic heterocycles. The Morgan fingerprint density at radius 2 is 0.783 bits per heavy atom. The number of benzene rings is 10. The normalized spacial score (nSPS) is 11.3. The van der Waals surface area contributed by atoms with Crippen LogP contribution in [0.5, 0.6) is 0 Å². The van der Waals surface area contributed by atoms with E-state index in [0.29, 0.717) is 0 Å². The van der Waals surface area contributed by atoms with E-state index in [1.807, 2.05) is 11.3 Å². The third-order valence-electron chi connectivity index (χ3n) is 11.7. The average Bonchev–Trinajstić information content (AvgIpc) is 3.72. The maximum atomic E-state index is 2.39. The molecule has 2 heteroatoms. The van der Waals surface area contributed by atoms with Gasteiger partial charge in [-0.3, -0.25) is 0 Å². The molecule has 0 aliphatic heterocycles. The van der Waals surface area contributed by atoms with E-state index < -0.39 is 0 Å². The van der Waals surface area contributed by atoms with Gasteiger partial charge in [0, 0.05) is 42.8 Å². The molecule has 0 saturated carbocycles. The van der Waals surface area contributed by atoms with Gasteiger partial charge in [-0.25, -0.2) is 0 Å². The molecule has 0 fully saturated rings. The fourth-order valence-corrected chi connectivity index (χ4v) is 9.98. The van der Waals surface area contributed by atoms with Crippen molar-refractivity contribution in [3.8, 4) is 55.6 Å². The zero-order chi connectivity index (χ0) is 39.8. The molecule has 11 rings (SSSR count). The van der Waals surface area contributed by atoms with Crippen LogP contribution in [0.25, 0.3) is 86.6 Å². The third kappa shape index (κ3) is 6.54. The Balaban J connectivity index is 1.01. The van der Waals surface area contributed by atoms with Gasteiger partial charge in [0.25, 0.3) is 0 Å². The lowest BCUT2D eigenvalue weighted by Gasteiger charge is -2.26. The predicted molar refractivity (Wildman–Crippen MR) is 259 cm³/mol. The minimum atomic E-state index is 1.10. The first-order valence-electron chi connectivity index (χ1n) is 20.5. The van der Waals surface area contributed by atoms with E-state index in [2.05, 4.69) is 241 Å². The Kier molecular flexibility index (Phi) is 9.11. The first-order chi connectivity index (χ1) is 29.7. The molecule has 60 heavy (non-hydrogen) atoms. The van der Waals surface area contributed by atoms with Crippen LogP contribution < -0.4 is 4.90 Å². The molecule has 0 unspecified atom stereocenters. The molecular weight excluding hydrogens is 743 g/mol. The van der Waals surface area contributed by atoms with Crippen molar-refractivity contribution >= 4 is 59.3 Å². The van der Waals surface area contributed by atoms with E-state index in [4.69, 9.17) is 0 Å². The Hall–Kier alpha value is -7.52. The molecule has 0 atom stereocenters. The van der Waals surface area contributed by atoms with Crippen LogP contribution in [0.4, 0.5) is 17.1 Å². The van der Waals surface area contributed by atoms with Crippen LogP contribution in [0, 0.1) is 0 Å². The first-order valence-corrected chi connectivity index (χ1v) is 21.3. The highest BCUT2D eigenvalue weighted by Crippen LogP contribution is 2.45. The highest BCUT2D eigenvalue weighted by atomic mass is 32.1. The average molecular weight is 782 g/mol. The van der Waals surface area contributed by atoms with Gasteiger partial charge in [-0.2, -0.15) is 0 Å². The zero-order valence-electron chi connectivity index (χ0n) is 32.9. The minimum absolute atomic E-state index is 1.10. The quantitative estimate of drug-likeness (QED) is 0.148. The van der Waals surface area contributed by atoms with Crippen LogP contribution in [0.3, 0.4) is 0 Å². The Bertz CT molecular complexity index is 3290. The van der Waals surface area contributed by atoms with Crippen LogP contribution >= 0.6 is 11.3 Å². The highest BCUT2D eigenvalue weighted by molar-refractivity contribution is 7.26. The van der Waals surface area contributed by atoms with Crippen molar-refractivity contribution in [3.05, 3.63) is 237 Å². The van der Waals surface area contributed by atoms with Crippen molar-refractivity contribution in [1.29, 1.82) is 0 Å². The maximum Gasteiger partial charge on any atom is 0.0467 e. The molecule has 0 saturated heterocycles. The Morgan fingerprint density at radius 1 is 0.267 bits per heavy atom. The smallest absolute Gasteiger partial charge is 0.0467 e. The molecule has 0 spiro atoms. The summed E-state index contributed by atoms with van der Waals surface area (Å²) in [4.78, 5) is 2.37. The van der Waals surface area contributed by atoms with E-state index in [0.717, 1.165) is 17.1 Å². The second-order valence-electron chi connectivity index (χ2n) is 15.3. The molecule has 282 valence electrons. The molecule has 11 aromatic rings. The lowest BCUT2D eigenvalue weighted by Crippen LogP contribution is -2.10. The van der Waals surface area contributed by atoms with E-state index in [1.165, 1.54) is 86.6 Å². The summed E-state index contributed by atoms with van der Waals surface area (Å²) in [6.45, 7) is 0. The number of nitrogens with zero attached hydrogens (tertiary/aromatic N) is 1. The second kappa shape index (κ2) is 15.3. The van der Waals surface area contributed by atoms with Crippen LogP contribution in [0.1, 0.15) is 0 Å². The third-order valence-corrected chi connectivity index (χ3v) is 12.9. The molecule has 1 nitrogen and oxygen atoms in total. The van der Waals surface area contributed by atoms with Gasteiger partial charge < -0.3 is 4.90 Å². The van der Waals surface area contributed by atoms with E-state index in [-0.39, 0.29) is 0 Å². The fraction of sp³-hybridized carbons (Fsp3) is 0. The summed E-state index contributed by atoms with van der Waals surface area (Å²) in [5, 5.41) is 5.13. The summed E-state index contributed by atoms with van der Waals surface area (Å²) in [6.07, 6.45) is 0. The van der Waals surface area contributed by atoms with E-state index >= 15 is 0 Å². The molecule has 0 aliphatic carbocycles. The van der Waals surface area contributed by atoms with Crippen molar-refractivity contribution in [1.82, 2.24) is 0 Å². The zero-order valence-corrected chi connectivity index (χ0v) is 33.7. The monoisotopic (exact) mass is 781 g/mol. The van der Waals surface area contributed by atoms with Crippen molar-refractivity contribution in [3.63, 3.8) is 0 Å². The summed E-state index contributed by atoms with van der Waals surface area (Å²) in [7, 11) is 0. The van der Waals surface area contributed by atoms with E-state index in [1.54, 1.807) is 0 Å². The summed E-state index contributed by atoms with van der Waals surface area (Å²) in [5.41, 5.74) is 15.4. The lowest BCUT2D eigenvalue weighted by molar-refractivity contribution is 1.28. The number of hydrogen-bond donors (Lipinski definition) is 0. The highest BCUT2D eigenvalue weighted by Gasteiger charge is 2.18. The number of anilines is 3. The second-order valence-corrected chi connectivity index (χ2v) is 16.3. The van der Waals surface area contributed by atoms with Crippen molar-refractivity contribution in [2.45, 2.75) is 0 Å². The van der Waals surface area contributed by atoms with Crippen LogP contribution in [-0.4, -0.2) is 0 Å². The molecular formula is C58H39NS. The van der Waals surface area contributed by atoms with Crippen LogP contribution in [-0.2, 0) is 0 Å². The molecule has 10 aromatic carbocycles. The van der Waals surface area contributed by atoms with Crippen LogP contribution in [0.15, 0.2) is 237 Å². The molecule has 0 N–H and O–H groups in total. The lowest BCUT2D eigenvalue weighted by atomic mass is 9.90. The van der Waals surface area contributed by atoms with Gasteiger partial charge in [0.1, 0.15) is 0 Å². The van der Waals surface area contributed by atoms with Crippen LogP contribution in [0.2, 0.25) is 0 Å². The van der Waals surface area contributed by atoms with Gasteiger partial charge >= 0.3 is 0 Å². The Morgan fingerprint density at radius 3 is 1.57 bits per heavy atom. The number of rotatable bonds is 8. The summed E-state index contributed by atoms with van der Waals surface area (Å²) >= 11 is 1.88. The van der Waals surface area contributed by atoms with Crippen molar-refractivity contribution < 1.29 is 0 Å². The summed E-state index contributed by atoms with van der Waals surface area (Å²) < 4.78 is 2.64. The number of fused-ring (bicyclic) bond motifs is 4. The molecule has 0 bridgehead atoms. The van der Waals surface area contributed by atoms with Gasteiger partial charge in [-0.15, -0.1) is 11.3 Å². The SMILES string of the molecule is c1ccc(-c2cccc(N(c3ccc(-c4ccc(-c5ccccc5)c(-c5cccc6c5sc5ccccc56)c4)cc3)c3ccc(-c4cccc5ccccc45)cc3)c2)cc1. The number of hydrogen-bond acceptors (Lipinski definition) is 2.